The summed E-state index contributed by atoms with van der Waals surface area (Å²) in [6, 6.07) is 8.44. The summed E-state index contributed by atoms with van der Waals surface area (Å²) in [4.78, 5) is 0. The molecule has 1 aliphatic rings. The molecule has 1 aromatic rings. The van der Waals surface area contributed by atoms with Gasteiger partial charge >= 0.3 is 0 Å². The van der Waals surface area contributed by atoms with Gasteiger partial charge in [0.2, 0.25) is 0 Å². The van der Waals surface area contributed by atoms with Gasteiger partial charge in [-0.2, -0.15) is 0 Å². The van der Waals surface area contributed by atoms with E-state index in [1.807, 2.05) is 0 Å². The summed E-state index contributed by atoms with van der Waals surface area (Å²) in [5, 5.41) is 13.5. The molecule has 1 heterocycles. The van der Waals surface area contributed by atoms with Crippen LogP contribution >= 0.6 is 22.6 Å². The number of hydrogen-bond donors (Lipinski definition) is 2. The van der Waals surface area contributed by atoms with E-state index in [2.05, 4.69) is 52.2 Å². The Balaban J connectivity index is 1.90. The van der Waals surface area contributed by atoms with E-state index in [-0.39, 0.29) is 6.10 Å². The number of rotatable bonds is 3. The van der Waals surface area contributed by atoms with Crippen molar-refractivity contribution in [1.82, 2.24) is 5.32 Å². The van der Waals surface area contributed by atoms with Crippen LogP contribution in [0.5, 0.6) is 0 Å². The van der Waals surface area contributed by atoms with E-state index in [4.69, 9.17) is 0 Å². The number of halogens is 1. The van der Waals surface area contributed by atoms with Gasteiger partial charge in [-0.25, -0.2) is 0 Å². The zero-order chi connectivity index (χ0) is 11.4. The van der Waals surface area contributed by atoms with Crippen molar-refractivity contribution in [2.24, 2.45) is 5.92 Å². The first-order valence-electron chi connectivity index (χ1n) is 5.89. The predicted octanol–water partition coefficient (Wildman–Crippen LogP) is 2.19. The highest BCUT2D eigenvalue weighted by atomic mass is 127. The zero-order valence-electron chi connectivity index (χ0n) is 9.32. The van der Waals surface area contributed by atoms with Crippen molar-refractivity contribution in [3.05, 3.63) is 33.4 Å². The van der Waals surface area contributed by atoms with Gasteiger partial charge in [-0.3, -0.25) is 0 Å². The largest absolute Gasteiger partial charge is 0.392 e. The average Bonchev–Trinajstić information content (AvgIpc) is 2.33. The van der Waals surface area contributed by atoms with Crippen LogP contribution in [0.25, 0.3) is 0 Å². The maximum absolute atomic E-state index is 10.2. The van der Waals surface area contributed by atoms with E-state index in [9.17, 15) is 5.11 Å². The number of benzene rings is 1. The Morgan fingerprint density at radius 2 is 1.88 bits per heavy atom. The fraction of sp³-hybridized carbons (Fsp3) is 0.538. The van der Waals surface area contributed by atoms with E-state index in [1.165, 1.54) is 9.13 Å². The Kier molecular flexibility index (Phi) is 4.61. The lowest BCUT2D eigenvalue weighted by molar-refractivity contribution is 0.0891. The van der Waals surface area contributed by atoms with E-state index in [0.29, 0.717) is 5.92 Å². The lowest BCUT2D eigenvalue weighted by Crippen LogP contribution is -2.34. The van der Waals surface area contributed by atoms with Gasteiger partial charge in [0, 0.05) is 3.57 Å². The van der Waals surface area contributed by atoms with Crippen molar-refractivity contribution >= 4 is 22.6 Å². The molecule has 0 amide bonds. The third kappa shape index (κ3) is 3.43. The third-order valence-corrected chi connectivity index (χ3v) is 4.01. The van der Waals surface area contributed by atoms with Crippen LogP contribution in [0.1, 0.15) is 18.4 Å². The predicted molar refractivity (Wildman–Crippen MR) is 74.5 cm³/mol. The Morgan fingerprint density at radius 1 is 1.25 bits per heavy atom. The minimum absolute atomic E-state index is 0.179. The fourth-order valence-corrected chi connectivity index (χ4v) is 2.62. The molecule has 2 rings (SSSR count). The average molecular weight is 331 g/mol. The number of aliphatic hydroxyl groups excluding tert-OH is 1. The lowest BCUT2D eigenvalue weighted by Gasteiger charge is -2.27. The summed E-state index contributed by atoms with van der Waals surface area (Å²) in [5.41, 5.74) is 1.24. The molecule has 1 aromatic carbocycles. The van der Waals surface area contributed by atoms with Gasteiger partial charge in [-0.1, -0.05) is 12.1 Å². The van der Waals surface area contributed by atoms with Crippen molar-refractivity contribution in [2.75, 3.05) is 13.1 Å². The number of piperidine rings is 1. The Bertz CT molecular complexity index is 319. The second-order valence-corrected chi connectivity index (χ2v) is 5.73. The highest BCUT2D eigenvalue weighted by Gasteiger charge is 2.21. The van der Waals surface area contributed by atoms with E-state index >= 15 is 0 Å². The quantitative estimate of drug-likeness (QED) is 0.833. The van der Waals surface area contributed by atoms with Crippen molar-refractivity contribution < 1.29 is 5.11 Å². The first-order valence-corrected chi connectivity index (χ1v) is 6.97. The van der Waals surface area contributed by atoms with Crippen LogP contribution in [0.2, 0.25) is 0 Å². The number of hydrogen-bond acceptors (Lipinski definition) is 2. The minimum Gasteiger partial charge on any atom is -0.392 e. The molecule has 0 aliphatic carbocycles. The Labute approximate surface area is 111 Å². The van der Waals surface area contributed by atoms with Crippen LogP contribution < -0.4 is 5.32 Å². The second kappa shape index (κ2) is 5.98. The summed E-state index contributed by atoms with van der Waals surface area (Å²) < 4.78 is 1.25. The molecule has 0 bridgehead atoms. The standard InChI is InChI=1S/C13H18INO/c14-12-3-1-10(2-4-12)9-13(16)11-5-7-15-8-6-11/h1-4,11,13,15-16H,5-9H2. The number of aliphatic hydroxyl groups is 1. The fourth-order valence-electron chi connectivity index (χ4n) is 2.26. The van der Waals surface area contributed by atoms with Crippen LogP contribution in [0.3, 0.4) is 0 Å². The Morgan fingerprint density at radius 3 is 2.50 bits per heavy atom. The minimum atomic E-state index is -0.179. The normalized spacial score (nSPS) is 19.6. The van der Waals surface area contributed by atoms with Gasteiger partial charge in [0.05, 0.1) is 6.10 Å². The second-order valence-electron chi connectivity index (χ2n) is 4.49. The topological polar surface area (TPSA) is 32.3 Å². The van der Waals surface area contributed by atoms with E-state index in [1.54, 1.807) is 0 Å². The van der Waals surface area contributed by atoms with E-state index in [0.717, 1.165) is 32.4 Å². The maximum Gasteiger partial charge on any atom is 0.0609 e. The molecular formula is C13H18INO. The molecule has 1 unspecified atom stereocenters. The van der Waals surface area contributed by atoms with Gasteiger partial charge in [0.1, 0.15) is 0 Å². The zero-order valence-corrected chi connectivity index (χ0v) is 11.5. The van der Waals surface area contributed by atoms with Crippen molar-refractivity contribution in [2.45, 2.75) is 25.4 Å². The number of nitrogens with one attached hydrogen (secondary N) is 1. The molecule has 16 heavy (non-hydrogen) atoms. The summed E-state index contributed by atoms with van der Waals surface area (Å²) in [7, 11) is 0. The van der Waals surface area contributed by atoms with Crippen LogP contribution in [-0.2, 0) is 6.42 Å². The molecule has 88 valence electrons. The van der Waals surface area contributed by atoms with Crippen LogP contribution in [0, 0.1) is 9.49 Å². The lowest BCUT2D eigenvalue weighted by atomic mass is 9.89. The van der Waals surface area contributed by atoms with Crippen molar-refractivity contribution in [3.63, 3.8) is 0 Å². The molecule has 1 aliphatic heterocycles. The maximum atomic E-state index is 10.2. The van der Waals surface area contributed by atoms with Crippen LogP contribution in [0.15, 0.2) is 24.3 Å². The molecule has 2 N–H and O–H groups in total. The van der Waals surface area contributed by atoms with Gasteiger partial charge < -0.3 is 10.4 Å². The van der Waals surface area contributed by atoms with Crippen molar-refractivity contribution in [3.8, 4) is 0 Å². The summed E-state index contributed by atoms with van der Waals surface area (Å²) in [6.45, 7) is 2.10. The first kappa shape index (κ1) is 12.3. The van der Waals surface area contributed by atoms with Crippen LogP contribution in [0.4, 0.5) is 0 Å². The summed E-state index contributed by atoms with van der Waals surface area (Å²) in [6.07, 6.45) is 2.82. The molecule has 1 saturated heterocycles. The van der Waals surface area contributed by atoms with Gasteiger partial charge in [-0.15, -0.1) is 0 Å². The molecule has 0 saturated carbocycles. The first-order chi connectivity index (χ1) is 7.75. The SMILES string of the molecule is OC(Cc1ccc(I)cc1)C1CCNCC1. The molecule has 1 atom stereocenters. The van der Waals surface area contributed by atoms with Gasteiger partial charge in [0.25, 0.3) is 0 Å². The molecule has 2 nitrogen and oxygen atoms in total. The molecule has 1 fully saturated rings. The van der Waals surface area contributed by atoms with Crippen molar-refractivity contribution in [1.29, 1.82) is 0 Å². The van der Waals surface area contributed by atoms with Crippen LogP contribution in [-0.4, -0.2) is 24.3 Å². The third-order valence-electron chi connectivity index (χ3n) is 3.29. The Hall–Kier alpha value is -0.130. The molecule has 0 radical (unpaired) electrons. The summed E-state index contributed by atoms with van der Waals surface area (Å²) >= 11 is 2.30. The van der Waals surface area contributed by atoms with Gasteiger partial charge in [-0.05, 0) is 78.6 Å². The molecule has 0 spiro atoms. The monoisotopic (exact) mass is 331 g/mol. The molecule has 0 aromatic heterocycles. The van der Waals surface area contributed by atoms with Gasteiger partial charge in [0.15, 0.2) is 0 Å². The highest BCUT2D eigenvalue weighted by Crippen LogP contribution is 2.20. The molecular weight excluding hydrogens is 313 g/mol. The highest BCUT2D eigenvalue weighted by molar-refractivity contribution is 14.1. The van der Waals surface area contributed by atoms with E-state index < -0.39 is 0 Å². The summed E-state index contributed by atoms with van der Waals surface area (Å²) in [5.74, 6) is 0.473. The molecule has 3 heteroatoms. The smallest absolute Gasteiger partial charge is 0.0609 e.